The second kappa shape index (κ2) is 5.55. The van der Waals surface area contributed by atoms with Gasteiger partial charge in [-0.1, -0.05) is 13.0 Å². The zero-order chi connectivity index (χ0) is 13.0. The predicted octanol–water partition coefficient (Wildman–Crippen LogP) is 1.62. The van der Waals surface area contributed by atoms with E-state index in [1.807, 2.05) is 25.3 Å². The van der Waals surface area contributed by atoms with Gasteiger partial charge in [0.15, 0.2) is 0 Å². The van der Waals surface area contributed by atoms with E-state index in [4.69, 9.17) is 5.84 Å². The summed E-state index contributed by atoms with van der Waals surface area (Å²) in [4.78, 5) is 13.0. The van der Waals surface area contributed by atoms with E-state index in [2.05, 4.69) is 27.3 Å². The van der Waals surface area contributed by atoms with Crippen molar-refractivity contribution in [3.8, 4) is 0 Å². The molecule has 0 aliphatic heterocycles. The number of aromatic nitrogens is 3. The van der Waals surface area contributed by atoms with Crippen LogP contribution in [0.15, 0.2) is 24.5 Å². The lowest BCUT2D eigenvalue weighted by atomic mass is 10.1. The Bertz CT molecular complexity index is 524. The molecule has 0 bridgehead atoms. The summed E-state index contributed by atoms with van der Waals surface area (Å²) < 4.78 is 0. The van der Waals surface area contributed by atoms with Crippen LogP contribution in [0.2, 0.25) is 0 Å². The van der Waals surface area contributed by atoms with E-state index in [1.165, 1.54) is 0 Å². The number of nitrogens with two attached hydrogens (primary N) is 1. The number of hydrogen-bond donors (Lipinski definition) is 2. The Labute approximate surface area is 106 Å². The SMILES string of the molecule is CCc1c(C)nc(Cc2cccnc2)nc1NN. The molecule has 5 nitrogen and oxygen atoms in total. The van der Waals surface area contributed by atoms with Crippen LogP contribution in [0.25, 0.3) is 0 Å². The summed E-state index contributed by atoms with van der Waals surface area (Å²) in [6, 6.07) is 3.92. The van der Waals surface area contributed by atoms with Crippen molar-refractivity contribution in [3.63, 3.8) is 0 Å². The lowest BCUT2D eigenvalue weighted by molar-refractivity contribution is 0.900. The van der Waals surface area contributed by atoms with Crippen LogP contribution in [-0.4, -0.2) is 15.0 Å². The first kappa shape index (κ1) is 12.4. The van der Waals surface area contributed by atoms with Gasteiger partial charge in [0.2, 0.25) is 0 Å². The van der Waals surface area contributed by atoms with Crippen LogP contribution >= 0.6 is 0 Å². The molecule has 0 fully saturated rings. The number of nitrogens with one attached hydrogen (secondary N) is 1. The molecule has 2 aromatic heterocycles. The number of aryl methyl sites for hydroxylation is 1. The van der Waals surface area contributed by atoms with Gasteiger partial charge in [-0.15, -0.1) is 0 Å². The summed E-state index contributed by atoms with van der Waals surface area (Å²) in [6.07, 6.45) is 5.09. The van der Waals surface area contributed by atoms with Gasteiger partial charge in [-0.2, -0.15) is 0 Å². The highest BCUT2D eigenvalue weighted by Crippen LogP contribution is 2.17. The molecule has 0 aliphatic rings. The van der Waals surface area contributed by atoms with E-state index in [1.54, 1.807) is 6.20 Å². The van der Waals surface area contributed by atoms with E-state index in [-0.39, 0.29) is 0 Å². The van der Waals surface area contributed by atoms with Crippen molar-refractivity contribution in [3.05, 3.63) is 47.2 Å². The van der Waals surface area contributed by atoms with E-state index >= 15 is 0 Å². The average molecular weight is 243 g/mol. The van der Waals surface area contributed by atoms with Gasteiger partial charge in [-0.3, -0.25) is 4.98 Å². The Morgan fingerprint density at radius 1 is 1.33 bits per heavy atom. The zero-order valence-corrected chi connectivity index (χ0v) is 10.6. The third kappa shape index (κ3) is 2.62. The number of hydrogen-bond acceptors (Lipinski definition) is 5. The van der Waals surface area contributed by atoms with Crippen LogP contribution < -0.4 is 11.3 Å². The summed E-state index contributed by atoms with van der Waals surface area (Å²) in [7, 11) is 0. The highest BCUT2D eigenvalue weighted by molar-refractivity contribution is 5.45. The predicted molar refractivity (Wildman–Crippen MR) is 71.0 cm³/mol. The number of hydrazine groups is 1. The fourth-order valence-corrected chi connectivity index (χ4v) is 1.96. The molecule has 94 valence electrons. The maximum Gasteiger partial charge on any atom is 0.147 e. The van der Waals surface area contributed by atoms with Crippen LogP contribution in [0.1, 0.15) is 29.6 Å². The zero-order valence-electron chi connectivity index (χ0n) is 10.6. The largest absolute Gasteiger partial charge is 0.308 e. The van der Waals surface area contributed by atoms with Crippen LogP contribution in [0.5, 0.6) is 0 Å². The van der Waals surface area contributed by atoms with E-state index in [9.17, 15) is 0 Å². The maximum absolute atomic E-state index is 5.50. The molecule has 2 aromatic rings. The Morgan fingerprint density at radius 3 is 2.78 bits per heavy atom. The van der Waals surface area contributed by atoms with Gasteiger partial charge in [0.1, 0.15) is 11.6 Å². The third-order valence-electron chi connectivity index (χ3n) is 2.84. The van der Waals surface area contributed by atoms with Crippen LogP contribution in [0, 0.1) is 6.92 Å². The third-order valence-corrected chi connectivity index (χ3v) is 2.84. The van der Waals surface area contributed by atoms with Gasteiger partial charge >= 0.3 is 0 Å². The van der Waals surface area contributed by atoms with Crippen molar-refractivity contribution >= 4 is 5.82 Å². The Morgan fingerprint density at radius 2 is 2.17 bits per heavy atom. The first-order valence-corrected chi connectivity index (χ1v) is 5.96. The monoisotopic (exact) mass is 243 g/mol. The molecule has 3 N–H and O–H groups in total. The molecule has 2 heterocycles. The van der Waals surface area contributed by atoms with Gasteiger partial charge in [0.25, 0.3) is 0 Å². The van der Waals surface area contributed by atoms with Gasteiger partial charge in [-0.05, 0) is 25.0 Å². The Kier molecular flexibility index (Phi) is 3.84. The fourth-order valence-electron chi connectivity index (χ4n) is 1.96. The van der Waals surface area contributed by atoms with Crippen molar-refractivity contribution in [2.75, 3.05) is 5.43 Å². The van der Waals surface area contributed by atoms with Gasteiger partial charge < -0.3 is 5.43 Å². The first-order valence-electron chi connectivity index (χ1n) is 5.96. The molecule has 0 aromatic carbocycles. The molecule has 0 saturated carbocycles. The van der Waals surface area contributed by atoms with Crippen molar-refractivity contribution in [2.24, 2.45) is 5.84 Å². The lowest BCUT2D eigenvalue weighted by Gasteiger charge is -2.11. The van der Waals surface area contributed by atoms with Crippen molar-refractivity contribution in [1.82, 2.24) is 15.0 Å². The summed E-state index contributed by atoms with van der Waals surface area (Å²) in [5, 5.41) is 0. The fraction of sp³-hybridized carbons (Fsp3) is 0.308. The molecular weight excluding hydrogens is 226 g/mol. The van der Waals surface area contributed by atoms with Crippen molar-refractivity contribution in [1.29, 1.82) is 0 Å². The second-order valence-electron chi connectivity index (χ2n) is 4.09. The maximum atomic E-state index is 5.50. The minimum Gasteiger partial charge on any atom is -0.308 e. The Hall–Kier alpha value is -2.01. The molecule has 0 radical (unpaired) electrons. The number of rotatable bonds is 4. The standard InChI is InChI=1S/C13H17N5/c1-3-11-9(2)16-12(17-13(11)18-14)7-10-5-4-6-15-8-10/h4-6,8H,3,7,14H2,1-2H3,(H,16,17,18). The lowest BCUT2D eigenvalue weighted by Crippen LogP contribution is -2.14. The van der Waals surface area contributed by atoms with Crippen LogP contribution in [0.4, 0.5) is 5.82 Å². The van der Waals surface area contributed by atoms with Gasteiger partial charge in [0, 0.05) is 30.1 Å². The molecule has 2 rings (SSSR count). The summed E-state index contributed by atoms with van der Waals surface area (Å²) >= 11 is 0. The highest BCUT2D eigenvalue weighted by atomic mass is 15.3. The van der Waals surface area contributed by atoms with Crippen LogP contribution in [-0.2, 0) is 12.8 Å². The Balaban J connectivity index is 2.32. The van der Waals surface area contributed by atoms with E-state index in [0.717, 1.165) is 29.1 Å². The van der Waals surface area contributed by atoms with Crippen LogP contribution in [0.3, 0.4) is 0 Å². The second-order valence-corrected chi connectivity index (χ2v) is 4.09. The topological polar surface area (TPSA) is 76.7 Å². The first-order chi connectivity index (χ1) is 8.74. The number of anilines is 1. The minimum absolute atomic E-state index is 0.660. The smallest absolute Gasteiger partial charge is 0.147 e. The highest BCUT2D eigenvalue weighted by Gasteiger charge is 2.09. The minimum atomic E-state index is 0.660. The number of pyridine rings is 1. The molecule has 0 spiro atoms. The van der Waals surface area contributed by atoms with Gasteiger partial charge in [-0.25, -0.2) is 15.8 Å². The molecule has 5 heteroatoms. The quantitative estimate of drug-likeness (QED) is 0.630. The molecule has 18 heavy (non-hydrogen) atoms. The molecule has 0 atom stereocenters. The summed E-state index contributed by atoms with van der Waals surface area (Å²) in [5.41, 5.74) is 5.77. The number of nitrogen functional groups attached to an aromatic ring is 1. The molecular formula is C13H17N5. The molecule has 0 aliphatic carbocycles. The molecule has 0 unspecified atom stereocenters. The average Bonchev–Trinajstić information content (AvgIpc) is 2.39. The van der Waals surface area contributed by atoms with E-state index < -0.39 is 0 Å². The van der Waals surface area contributed by atoms with E-state index in [0.29, 0.717) is 12.2 Å². The number of nitrogens with zero attached hydrogens (tertiary/aromatic N) is 3. The normalized spacial score (nSPS) is 10.4. The van der Waals surface area contributed by atoms with Gasteiger partial charge in [0.05, 0.1) is 0 Å². The molecule has 0 amide bonds. The molecule has 0 saturated heterocycles. The summed E-state index contributed by atoms with van der Waals surface area (Å²) in [6.45, 7) is 4.04. The van der Waals surface area contributed by atoms with Crippen molar-refractivity contribution < 1.29 is 0 Å². The van der Waals surface area contributed by atoms with Crippen molar-refractivity contribution in [2.45, 2.75) is 26.7 Å². The summed E-state index contributed by atoms with van der Waals surface area (Å²) in [5.74, 6) is 6.97.